The average Bonchev–Trinajstić information content (AvgIpc) is 1.83. The topological polar surface area (TPSA) is 0 Å². The highest BCUT2D eigenvalue weighted by Crippen LogP contribution is 1.80. The maximum absolute atomic E-state index is 3.86. The zero-order valence-corrected chi connectivity index (χ0v) is 5.65. The molecule has 0 unspecified atom stereocenters. The lowest BCUT2D eigenvalue weighted by molar-refractivity contribution is 1.38. The van der Waals surface area contributed by atoms with Crippen LogP contribution in [0, 0.1) is 6.92 Å². The Morgan fingerprint density at radius 2 is 1.89 bits per heavy atom. The molecule has 1 rings (SSSR count). The van der Waals surface area contributed by atoms with Gasteiger partial charge in [-0.25, -0.2) is 0 Å². The van der Waals surface area contributed by atoms with Gasteiger partial charge in [-0.3, -0.25) is 0 Å². The molecule has 46 valence electrons. The highest BCUT2D eigenvalue weighted by atomic mass is 13.9. The number of hydrogen-bond acceptors (Lipinski definition) is 0. The number of aryl methyl sites for hydroxylation is 1. The number of rotatable bonds is 0. The van der Waals surface area contributed by atoms with Crippen LogP contribution in [0.15, 0.2) is 18.2 Å². The quantitative estimate of drug-likeness (QED) is 0.473. The van der Waals surface area contributed by atoms with Crippen molar-refractivity contribution in [2.45, 2.75) is 6.92 Å². The van der Waals surface area contributed by atoms with Gasteiger partial charge in [0.05, 0.1) is 0 Å². The van der Waals surface area contributed by atoms with Gasteiger partial charge < -0.3 is 0 Å². The van der Waals surface area contributed by atoms with E-state index in [0.29, 0.717) is 0 Å². The van der Waals surface area contributed by atoms with Crippen LogP contribution in [-0.4, -0.2) is 0 Å². The lowest BCUT2D eigenvalue weighted by Gasteiger charge is -1.89. The average molecular weight is 118 g/mol. The number of benzene rings is 1. The highest BCUT2D eigenvalue weighted by molar-refractivity contribution is 5.23. The molecular weight excluding hydrogens is 108 g/mol. The fourth-order valence-corrected chi connectivity index (χ4v) is 0.763. The van der Waals surface area contributed by atoms with E-state index in [1.54, 1.807) is 0 Å². The van der Waals surface area contributed by atoms with E-state index in [-0.39, 0.29) is 0 Å². The predicted octanol–water partition coefficient (Wildman–Crippen LogP) is 0.816. The minimum Gasteiger partial charge on any atom is -0.0912 e. The van der Waals surface area contributed by atoms with Gasteiger partial charge in [-0.15, -0.1) is 0 Å². The highest BCUT2D eigenvalue weighted by Gasteiger charge is 1.81. The monoisotopic (exact) mass is 118 g/mol. The van der Waals surface area contributed by atoms with Crippen molar-refractivity contribution in [1.82, 2.24) is 0 Å². The first-order valence-corrected chi connectivity index (χ1v) is 2.95. The zero-order valence-electron chi connectivity index (χ0n) is 5.65. The first-order chi connectivity index (χ1) is 4.22. The van der Waals surface area contributed by atoms with E-state index in [4.69, 9.17) is 0 Å². The summed E-state index contributed by atoms with van der Waals surface area (Å²) in [6.07, 6.45) is 0. The molecule has 0 aliphatic carbocycles. The smallest absolute Gasteiger partial charge is 0.0233 e. The summed E-state index contributed by atoms with van der Waals surface area (Å²) in [5.74, 6) is 0. The second-order valence-electron chi connectivity index (χ2n) is 2.21. The van der Waals surface area contributed by atoms with E-state index in [1.165, 1.54) is 5.56 Å². The van der Waals surface area contributed by atoms with Crippen LogP contribution in [0.25, 0.3) is 13.2 Å². The molecule has 0 amide bonds. The van der Waals surface area contributed by atoms with E-state index in [9.17, 15) is 0 Å². The summed E-state index contributed by atoms with van der Waals surface area (Å²) >= 11 is 0. The standard InChI is InChI=1S/C9H10/c1-7-5-4-6-8(2)9(7)3/h4-6H,1,3H2,2H3. The minimum absolute atomic E-state index is 1.02. The second kappa shape index (κ2) is 2.06. The molecule has 0 aliphatic rings. The second-order valence-corrected chi connectivity index (χ2v) is 2.21. The first kappa shape index (κ1) is 6.09. The maximum atomic E-state index is 3.86. The van der Waals surface area contributed by atoms with Crippen molar-refractivity contribution in [1.29, 1.82) is 0 Å². The molecule has 0 aromatic heterocycles. The molecule has 0 bridgehead atoms. The molecule has 0 atom stereocenters. The van der Waals surface area contributed by atoms with Crippen LogP contribution in [0.5, 0.6) is 0 Å². The van der Waals surface area contributed by atoms with E-state index in [1.807, 2.05) is 25.1 Å². The Hall–Kier alpha value is -1.04. The van der Waals surface area contributed by atoms with Crippen LogP contribution in [0.4, 0.5) is 0 Å². The molecule has 0 spiro atoms. The first-order valence-electron chi connectivity index (χ1n) is 2.95. The molecule has 0 radical (unpaired) electrons. The van der Waals surface area contributed by atoms with Gasteiger partial charge in [0, 0.05) is 0 Å². The van der Waals surface area contributed by atoms with Crippen molar-refractivity contribution in [3.05, 3.63) is 34.2 Å². The molecule has 0 heteroatoms. The molecular formula is C9H10. The van der Waals surface area contributed by atoms with Crippen LogP contribution in [0.1, 0.15) is 5.56 Å². The lowest BCUT2D eigenvalue weighted by atomic mass is 10.2. The molecule has 0 saturated heterocycles. The third-order valence-electron chi connectivity index (χ3n) is 1.51. The van der Waals surface area contributed by atoms with Crippen molar-refractivity contribution in [2.75, 3.05) is 0 Å². The molecule has 9 heavy (non-hydrogen) atoms. The summed E-state index contributed by atoms with van der Waals surface area (Å²) in [7, 11) is 0. The Balaban J connectivity index is 3.63. The third-order valence-corrected chi connectivity index (χ3v) is 1.51. The van der Waals surface area contributed by atoms with E-state index in [2.05, 4.69) is 13.2 Å². The van der Waals surface area contributed by atoms with Crippen LogP contribution < -0.4 is 10.4 Å². The van der Waals surface area contributed by atoms with Crippen LogP contribution in [-0.2, 0) is 0 Å². The van der Waals surface area contributed by atoms with Gasteiger partial charge in [0.25, 0.3) is 0 Å². The largest absolute Gasteiger partial charge is 0.0912 e. The van der Waals surface area contributed by atoms with Crippen molar-refractivity contribution >= 4 is 13.2 Å². The molecule has 0 fully saturated rings. The van der Waals surface area contributed by atoms with Gasteiger partial charge >= 0.3 is 0 Å². The van der Waals surface area contributed by atoms with Crippen LogP contribution in [0.2, 0.25) is 0 Å². The molecule has 0 N–H and O–H groups in total. The Morgan fingerprint density at radius 1 is 1.22 bits per heavy atom. The normalized spacial score (nSPS) is 9.44. The third kappa shape index (κ3) is 1.02. The molecule has 0 heterocycles. The molecule has 0 nitrogen and oxygen atoms in total. The summed E-state index contributed by atoms with van der Waals surface area (Å²) in [4.78, 5) is 0. The fraction of sp³-hybridized carbons (Fsp3) is 0.111. The summed E-state index contributed by atoms with van der Waals surface area (Å²) in [6, 6.07) is 6.00. The molecule has 0 aliphatic heterocycles. The lowest BCUT2D eigenvalue weighted by Crippen LogP contribution is -2.23. The Bertz CT molecular complexity index is 296. The van der Waals surface area contributed by atoms with E-state index in [0.717, 1.165) is 10.4 Å². The van der Waals surface area contributed by atoms with Crippen molar-refractivity contribution < 1.29 is 0 Å². The zero-order chi connectivity index (χ0) is 6.85. The van der Waals surface area contributed by atoms with E-state index >= 15 is 0 Å². The Kier molecular flexibility index (Phi) is 1.39. The summed E-state index contributed by atoms with van der Waals surface area (Å²) in [5.41, 5.74) is 1.21. The van der Waals surface area contributed by atoms with Crippen molar-refractivity contribution in [3.8, 4) is 0 Å². The van der Waals surface area contributed by atoms with Crippen LogP contribution >= 0.6 is 0 Å². The van der Waals surface area contributed by atoms with Gasteiger partial charge in [0.1, 0.15) is 0 Å². The number of hydrogen-bond donors (Lipinski definition) is 0. The van der Waals surface area contributed by atoms with Gasteiger partial charge in [-0.1, -0.05) is 31.4 Å². The van der Waals surface area contributed by atoms with Gasteiger partial charge in [-0.2, -0.15) is 0 Å². The van der Waals surface area contributed by atoms with Gasteiger partial charge in [0.2, 0.25) is 0 Å². The summed E-state index contributed by atoms with van der Waals surface area (Å²) in [5, 5.41) is 2.08. The van der Waals surface area contributed by atoms with Gasteiger partial charge in [0.15, 0.2) is 0 Å². The Morgan fingerprint density at radius 3 is 2.33 bits per heavy atom. The van der Waals surface area contributed by atoms with E-state index < -0.39 is 0 Å². The Labute approximate surface area is 55.1 Å². The SMILES string of the molecule is C=c1cccc(C)c1=C. The maximum Gasteiger partial charge on any atom is -0.0233 e. The van der Waals surface area contributed by atoms with Crippen molar-refractivity contribution in [2.24, 2.45) is 0 Å². The molecule has 0 saturated carbocycles. The summed E-state index contributed by atoms with van der Waals surface area (Å²) < 4.78 is 0. The van der Waals surface area contributed by atoms with Crippen molar-refractivity contribution in [3.63, 3.8) is 0 Å². The minimum atomic E-state index is 1.02. The summed E-state index contributed by atoms with van der Waals surface area (Å²) in [6.45, 7) is 9.71. The fourth-order valence-electron chi connectivity index (χ4n) is 0.763. The predicted molar refractivity (Wildman–Crippen MR) is 41.5 cm³/mol. The van der Waals surface area contributed by atoms with Gasteiger partial charge in [-0.05, 0) is 22.9 Å². The molecule has 1 aromatic rings. The molecule has 1 aromatic carbocycles. The van der Waals surface area contributed by atoms with Crippen LogP contribution in [0.3, 0.4) is 0 Å².